The number of fused-ring (bicyclic) bond motifs is 1. The number of amides is 1. The average Bonchev–Trinajstić information content (AvgIpc) is 3.32. The summed E-state index contributed by atoms with van der Waals surface area (Å²) in [5.74, 6) is 1.09. The molecule has 2 aliphatic rings. The normalized spacial score (nSPS) is 19.1. The van der Waals surface area contributed by atoms with Crippen molar-refractivity contribution < 1.29 is 4.79 Å². The highest BCUT2D eigenvalue weighted by Crippen LogP contribution is 2.25. The second kappa shape index (κ2) is 10.9. The number of nitrogens with zero attached hydrogens (tertiary/aromatic N) is 4. The summed E-state index contributed by atoms with van der Waals surface area (Å²) in [5.41, 5.74) is 7.32. The fraction of sp³-hybridized carbons (Fsp3) is 0.517. The molecule has 2 aliphatic heterocycles. The molecule has 36 heavy (non-hydrogen) atoms. The first kappa shape index (κ1) is 24.6. The van der Waals surface area contributed by atoms with E-state index in [4.69, 9.17) is 4.98 Å². The van der Waals surface area contributed by atoms with Crippen molar-refractivity contribution in [3.63, 3.8) is 0 Å². The summed E-state index contributed by atoms with van der Waals surface area (Å²) in [6.45, 7) is 14.2. The minimum absolute atomic E-state index is 0.0230. The van der Waals surface area contributed by atoms with Gasteiger partial charge in [0.05, 0.1) is 17.0 Å². The van der Waals surface area contributed by atoms with Crippen LogP contribution in [0.25, 0.3) is 11.0 Å². The average molecular weight is 489 g/mol. The molecule has 3 aromatic rings. The summed E-state index contributed by atoms with van der Waals surface area (Å²) in [5, 5.41) is 3.21. The number of anilines is 2. The Bertz CT molecular complexity index is 1200. The summed E-state index contributed by atoms with van der Waals surface area (Å²) >= 11 is 0. The van der Waals surface area contributed by atoms with Gasteiger partial charge in [-0.1, -0.05) is 18.2 Å². The first-order valence-electron chi connectivity index (χ1n) is 13.5. The van der Waals surface area contributed by atoms with Gasteiger partial charge < -0.3 is 20.1 Å². The van der Waals surface area contributed by atoms with Gasteiger partial charge in [-0.3, -0.25) is 9.69 Å². The number of hydrogen-bond acceptors (Lipinski definition) is 5. The Morgan fingerprint density at radius 1 is 1.00 bits per heavy atom. The van der Waals surface area contributed by atoms with Crippen molar-refractivity contribution in [2.75, 3.05) is 62.2 Å². The Balaban J connectivity index is 1.04. The zero-order chi connectivity index (χ0) is 25.1. The molecule has 1 amide bonds. The third-order valence-corrected chi connectivity index (χ3v) is 7.74. The molecule has 1 aromatic heterocycles. The number of aromatic nitrogens is 2. The Morgan fingerprint density at radius 3 is 2.61 bits per heavy atom. The number of imidazole rings is 1. The van der Waals surface area contributed by atoms with E-state index in [1.54, 1.807) is 0 Å². The second-order valence-electron chi connectivity index (χ2n) is 10.6. The predicted octanol–water partition coefficient (Wildman–Crippen LogP) is 4.03. The maximum absolute atomic E-state index is 12.9. The molecule has 7 heteroatoms. The van der Waals surface area contributed by atoms with E-state index in [1.165, 1.54) is 22.4 Å². The van der Waals surface area contributed by atoms with Crippen LogP contribution in [0.2, 0.25) is 0 Å². The third-order valence-electron chi connectivity index (χ3n) is 7.74. The predicted molar refractivity (Wildman–Crippen MR) is 148 cm³/mol. The Morgan fingerprint density at radius 2 is 1.78 bits per heavy atom. The molecule has 2 aromatic carbocycles. The number of rotatable bonds is 7. The van der Waals surface area contributed by atoms with Crippen LogP contribution in [-0.2, 0) is 4.79 Å². The zero-order valence-electron chi connectivity index (χ0n) is 22.0. The number of carbonyl (C=O) groups excluding carboxylic acids is 1. The SMILES string of the molecule is Cc1ccc(C)c(N2CCN(CCCNC(=O)[C@H]3CCCN(c4nc5ccc(C)cc5[nH]4)C3)CC2)c1. The number of carbonyl (C=O) groups is 1. The van der Waals surface area contributed by atoms with Gasteiger partial charge in [-0.15, -0.1) is 0 Å². The first-order chi connectivity index (χ1) is 17.5. The lowest BCUT2D eigenvalue weighted by atomic mass is 9.97. The number of nitrogens with one attached hydrogen (secondary N) is 2. The van der Waals surface area contributed by atoms with Gasteiger partial charge in [0.25, 0.3) is 0 Å². The van der Waals surface area contributed by atoms with E-state index >= 15 is 0 Å². The zero-order valence-corrected chi connectivity index (χ0v) is 22.0. The highest BCUT2D eigenvalue weighted by molar-refractivity contribution is 5.80. The van der Waals surface area contributed by atoms with Gasteiger partial charge in [-0.05, 0) is 81.5 Å². The maximum atomic E-state index is 12.9. The van der Waals surface area contributed by atoms with Crippen LogP contribution in [0.15, 0.2) is 36.4 Å². The minimum atomic E-state index is 0.0230. The van der Waals surface area contributed by atoms with Crippen molar-refractivity contribution in [2.45, 2.75) is 40.0 Å². The van der Waals surface area contributed by atoms with E-state index in [9.17, 15) is 4.79 Å². The Hall–Kier alpha value is -3.06. The summed E-state index contributed by atoms with van der Waals surface area (Å²) in [6, 6.07) is 13.0. The molecule has 2 fully saturated rings. The molecule has 1 atom stereocenters. The van der Waals surface area contributed by atoms with Crippen molar-refractivity contribution in [3.8, 4) is 0 Å². The van der Waals surface area contributed by atoms with Gasteiger partial charge in [0.15, 0.2) is 0 Å². The number of aromatic amines is 1. The number of aryl methyl sites for hydroxylation is 3. The molecule has 2 N–H and O–H groups in total. The Kier molecular flexibility index (Phi) is 7.46. The second-order valence-corrected chi connectivity index (χ2v) is 10.6. The molecular formula is C29H40N6O. The molecule has 0 saturated carbocycles. The topological polar surface area (TPSA) is 67.5 Å². The van der Waals surface area contributed by atoms with E-state index in [2.05, 4.69) is 82.2 Å². The van der Waals surface area contributed by atoms with Crippen molar-refractivity contribution in [1.29, 1.82) is 0 Å². The fourth-order valence-corrected chi connectivity index (χ4v) is 5.57. The van der Waals surface area contributed by atoms with Crippen LogP contribution in [0, 0.1) is 26.7 Å². The summed E-state index contributed by atoms with van der Waals surface area (Å²) in [7, 11) is 0. The summed E-state index contributed by atoms with van der Waals surface area (Å²) < 4.78 is 0. The lowest BCUT2D eigenvalue weighted by molar-refractivity contribution is -0.125. The molecule has 7 nitrogen and oxygen atoms in total. The van der Waals surface area contributed by atoms with Gasteiger partial charge in [0.1, 0.15) is 0 Å². The number of hydrogen-bond donors (Lipinski definition) is 2. The Labute approximate surface area is 214 Å². The molecular weight excluding hydrogens is 448 g/mol. The number of piperidine rings is 1. The van der Waals surface area contributed by atoms with E-state index < -0.39 is 0 Å². The van der Waals surface area contributed by atoms with E-state index in [1.807, 2.05) is 0 Å². The van der Waals surface area contributed by atoms with Gasteiger partial charge >= 0.3 is 0 Å². The smallest absolute Gasteiger partial charge is 0.224 e. The number of H-pyrrole nitrogens is 1. The highest BCUT2D eigenvalue weighted by atomic mass is 16.1. The maximum Gasteiger partial charge on any atom is 0.224 e. The molecule has 2 saturated heterocycles. The molecule has 0 unspecified atom stereocenters. The van der Waals surface area contributed by atoms with Crippen LogP contribution in [0.1, 0.15) is 36.0 Å². The van der Waals surface area contributed by atoms with Crippen LogP contribution in [0.4, 0.5) is 11.6 Å². The van der Waals surface area contributed by atoms with Gasteiger partial charge in [0.2, 0.25) is 11.9 Å². The standard InChI is InChI=1S/C29H40N6O/c1-21-8-10-25-26(18-21)32-29(31-25)35-13-4-6-24(20-35)28(36)30-11-5-12-33-14-16-34(17-15-33)27-19-22(2)7-9-23(27)3/h7-10,18-19,24H,4-6,11-17,20H2,1-3H3,(H,30,36)(H,31,32)/t24-/m0/s1. The van der Waals surface area contributed by atoms with Gasteiger partial charge in [0, 0.05) is 51.5 Å². The van der Waals surface area contributed by atoms with E-state index in [-0.39, 0.29) is 11.8 Å². The van der Waals surface area contributed by atoms with E-state index in [0.29, 0.717) is 0 Å². The fourth-order valence-electron chi connectivity index (χ4n) is 5.57. The molecule has 0 bridgehead atoms. The van der Waals surface area contributed by atoms with Gasteiger partial charge in [-0.2, -0.15) is 0 Å². The number of piperazine rings is 1. The lowest BCUT2D eigenvalue weighted by Crippen LogP contribution is -2.47. The van der Waals surface area contributed by atoms with Crippen LogP contribution in [0.5, 0.6) is 0 Å². The molecule has 3 heterocycles. The van der Waals surface area contributed by atoms with Crippen LogP contribution >= 0.6 is 0 Å². The van der Waals surface area contributed by atoms with Crippen molar-refractivity contribution in [3.05, 3.63) is 53.1 Å². The number of benzene rings is 2. The largest absolute Gasteiger partial charge is 0.369 e. The van der Waals surface area contributed by atoms with Crippen molar-refractivity contribution in [1.82, 2.24) is 20.2 Å². The van der Waals surface area contributed by atoms with Crippen molar-refractivity contribution in [2.24, 2.45) is 5.92 Å². The quantitative estimate of drug-likeness (QED) is 0.492. The molecule has 0 spiro atoms. The van der Waals surface area contributed by atoms with Crippen molar-refractivity contribution >= 4 is 28.6 Å². The monoisotopic (exact) mass is 488 g/mol. The highest BCUT2D eigenvalue weighted by Gasteiger charge is 2.27. The molecule has 5 rings (SSSR count). The van der Waals surface area contributed by atoms with Crippen LogP contribution in [-0.4, -0.2) is 73.1 Å². The first-order valence-corrected chi connectivity index (χ1v) is 13.5. The minimum Gasteiger partial charge on any atom is -0.369 e. The summed E-state index contributed by atoms with van der Waals surface area (Å²) in [6.07, 6.45) is 2.95. The third kappa shape index (κ3) is 5.67. The summed E-state index contributed by atoms with van der Waals surface area (Å²) in [4.78, 5) is 28.4. The lowest BCUT2D eigenvalue weighted by Gasteiger charge is -2.37. The van der Waals surface area contributed by atoms with E-state index in [0.717, 1.165) is 88.6 Å². The molecule has 0 radical (unpaired) electrons. The molecule has 192 valence electrons. The van der Waals surface area contributed by atoms with Crippen LogP contribution in [0.3, 0.4) is 0 Å². The van der Waals surface area contributed by atoms with Gasteiger partial charge in [-0.25, -0.2) is 4.98 Å². The van der Waals surface area contributed by atoms with Crippen LogP contribution < -0.4 is 15.1 Å². The molecule has 0 aliphatic carbocycles.